The van der Waals surface area contributed by atoms with E-state index in [2.05, 4.69) is 26.1 Å². The van der Waals surface area contributed by atoms with Crippen molar-refractivity contribution in [3.05, 3.63) is 23.2 Å². The summed E-state index contributed by atoms with van der Waals surface area (Å²) in [5.41, 5.74) is 1.22. The van der Waals surface area contributed by atoms with Crippen LogP contribution >= 0.6 is 0 Å². The number of hydrogen-bond donors (Lipinski definition) is 2. The fourth-order valence-corrected chi connectivity index (χ4v) is 1.49. The number of carbonyl (C=O) groups is 1. The molecule has 0 aliphatic heterocycles. The Morgan fingerprint density at radius 1 is 1.47 bits per heavy atom. The van der Waals surface area contributed by atoms with E-state index in [0.717, 1.165) is 18.5 Å². The highest BCUT2D eigenvalue weighted by atomic mass is 16.4. The summed E-state index contributed by atoms with van der Waals surface area (Å²) < 4.78 is 5.13. The normalized spacial score (nSPS) is 11.8. The summed E-state index contributed by atoms with van der Waals surface area (Å²) in [6.45, 7) is 9.93. The van der Waals surface area contributed by atoms with E-state index in [4.69, 9.17) is 9.52 Å². The van der Waals surface area contributed by atoms with Gasteiger partial charge in [0.15, 0.2) is 0 Å². The molecule has 0 saturated carbocycles. The average Bonchev–Trinajstić information content (AvgIpc) is 2.54. The van der Waals surface area contributed by atoms with Gasteiger partial charge < -0.3 is 14.8 Å². The summed E-state index contributed by atoms with van der Waals surface area (Å²) >= 11 is 0. The van der Waals surface area contributed by atoms with Crippen molar-refractivity contribution in [2.45, 2.75) is 40.7 Å². The number of nitrogens with one attached hydrogen (secondary N) is 1. The minimum Gasteiger partial charge on any atom is -0.475 e. The zero-order valence-electron chi connectivity index (χ0n) is 11.0. The maximum atomic E-state index is 10.7. The molecule has 0 radical (unpaired) electrons. The van der Waals surface area contributed by atoms with Gasteiger partial charge in [-0.3, -0.25) is 0 Å². The van der Waals surface area contributed by atoms with Gasteiger partial charge in [-0.25, -0.2) is 4.79 Å². The van der Waals surface area contributed by atoms with Crippen molar-refractivity contribution < 1.29 is 14.3 Å². The number of hydrogen-bond acceptors (Lipinski definition) is 3. The third kappa shape index (κ3) is 4.61. The summed E-state index contributed by atoms with van der Waals surface area (Å²) in [5, 5.41) is 12.1. The van der Waals surface area contributed by atoms with Gasteiger partial charge in [-0.05, 0) is 31.4 Å². The fourth-order valence-electron chi connectivity index (χ4n) is 1.49. The Kier molecular flexibility index (Phi) is 4.34. The first kappa shape index (κ1) is 13.8. The van der Waals surface area contributed by atoms with Crippen LogP contribution in [0.4, 0.5) is 0 Å². The number of rotatable bonds is 5. The van der Waals surface area contributed by atoms with Crippen molar-refractivity contribution in [3.8, 4) is 0 Å². The first-order valence-electron chi connectivity index (χ1n) is 5.83. The zero-order chi connectivity index (χ0) is 13.1. The molecule has 0 fully saturated rings. The average molecular weight is 239 g/mol. The van der Waals surface area contributed by atoms with Gasteiger partial charge in [0, 0.05) is 12.1 Å². The molecule has 2 N–H and O–H groups in total. The van der Waals surface area contributed by atoms with Crippen LogP contribution in [0.2, 0.25) is 0 Å². The van der Waals surface area contributed by atoms with E-state index in [1.807, 2.05) is 0 Å². The Morgan fingerprint density at radius 2 is 2.12 bits per heavy atom. The predicted octanol–water partition coefficient (Wildman–Crippen LogP) is 2.81. The molecule has 0 bridgehead atoms. The van der Waals surface area contributed by atoms with E-state index in [0.29, 0.717) is 17.7 Å². The maximum Gasteiger partial charge on any atom is 0.371 e. The lowest BCUT2D eigenvalue weighted by Crippen LogP contribution is -2.20. The number of carboxylic acid groups (broad SMARTS) is 1. The molecule has 0 amide bonds. The first-order chi connectivity index (χ1) is 7.79. The van der Waals surface area contributed by atoms with Gasteiger partial charge in [0.05, 0.1) is 0 Å². The molecule has 0 aliphatic rings. The minimum atomic E-state index is -1.02. The third-order valence-corrected chi connectivity index (χ3v) is 2.60. The molecule has 1 heterocycles. The van der Waals surface area contributed by atoms with Crippen LogP contribution < -0.4 is 5.32 Å². The fraction of sp³-hybridized carbons (Fsp3) is 0.615. The quantitative estimate of drug-likeness (QED) is 0.775. The summed E-state index contributed by atoms with van der Waals surface area (Å²) in [6, 6.07) is 1.59. The van der Waals surface area contributed by atoms with Crippen molar-refractivity contribution in [2.75, 3.05) is 6.54 Å². The molecule has 96 valence electrons. The molecule has 0 atom stereocenters. The van der Waals surface area contributed by atoms with Crippen LogP contribution in [0.5, 0.6) is 0 Å². The Bertz CT molecular complexity index is 388. The van der Waals surface area contributed by atoms with Crippen molar-refractivity contribution in [1.29, 1.82) is 0 Å². The Balaban J connectivity index is 2.44. The van der Waals surface area contributed by atoms with E-state index in [1.54, 1.807) is 13.0 Å². The minimum absolute atomic E-state index is 0.00937. The van der Waals surface area contributed by atoms with Crippen LogP contribution in [0.25, 0.3) is 0 Å². The number of aryl methyl sites for hydroxylation is 1. The van der Waals surface area contributed by atoms with Gasteiger partial charge in [0.2, 0.25) is 5.76 Å². The van der Waals surface area contributed by atoms with Crippen LogP contribution in [-0.4, -0.2) is 17.6 Å². The Morgan fingerprint density at radius 3 is 2.59 bits per heavy atom. The molecule has 17 heavy (non-hydrogen) atoms. The summed E-state index contributed by atoms with van der Waals surface area (Å²) in [6.07, 6.45) is 1.08. The van der Waals surface area contributed by atoms with E-state index in [-0.39, 0.29) is 5.76 Å². The van der Waals surface area contributed by atoms with Gasteiger partial charge in [-0.1, -0.05) is 20.8 Å². The smallest absolute Gasteiger partial charge is 0.371 e. The summed E-state index contributed by atoms with van der Waals surface area (Å²) in [4.78, 5) is 10.7. The van der Waals surface area contributed by atoms with Crippen LogP contribution in [0.3, 0.4) is 0 Å². The van der Waals surface area contributed by atoms with Gasteiger partial charge in [-0.2, -0.15) is 0 Å². The lowest BCUT2D eigenvalue weighted by atomic mass is 9.92. The molecular formula is C13H21NO3. The largest absolute Gasteiger partial charge is 0.475 e. The van der Waals surface area contributed by atoms with Gasteiger partial charge in [0.25, 0.3) is 0 Å². The molecule has 1 rings (SSSR count). The summed E-state index contributed by atoms with van der Waals surface area (Å²) in [5.74, 6) is -0.338. The highest BCUT2D eigenvalue weighted by Gasteiger charge is 2.13. The second kappa shape index (κ2) is 5.36. The van der Waals surface area contributed by atoms with E-state index in [1.165, 1.54) is 0 Å². The molecule has 0 unspecified atom stereocenters. The van der Waals surface area contributed by atoms with Crippen LogP contribution in [0.15, 0.2) is 10.5 Å². The lowest BCUT2D eigenvalue weighted by Gasteiger charge is -2.17. The van der Waals surface area contributed by atoms with Crippen molar-refractivity contribution in [1.82, 2.24) is 5.32 Å². The van der Waals surface area contributed by atoms with Crippen molar-refractivity contribution >= 4 is 5.97 Å². The first-order valence-corrected chi connectivity index (χ1v) is 5.83. The summed E-state index contributed by atoms with van der Waals surface area (Å²) in [7, 11) is 0. The number of carboxylic acids is 1. The lowest BCUT2D eigenvalue weighted by molar-refractivity contribution is 0.0661. The standard InChI is InChI=1S/C13H21NO3/c1-9-10(7-11(17-9)12(15)16)8-14-6-5-13(2,3)4/h7,14H,5-6,8H2,1-4H3,(H,15,16). The predicted molar refractivity (Wildman–Crippen MR) is 66.2 cm³/mol. The van der Waals surface area contributed by atoms with Crippen molar-refractivity contribution in [3.63, 3.8) is 0 Å². The number of furan rings is 1. The number of aromatic carboxylic acids is 1. The van der Waals surface area contributed by atoms with E-state index >= 15 is 0 Å². The second-order valence-electron chi connectivity index (χ2n) is 5.48. The highest BCUT2D eigenvalue weighted by molar-refractivity contribution is 5.84. The van der Waals surface area contributed by atoms with Gasteiger partial charge in [0.1, 0.15) is 5.76 Å². The van der Waals surface area contributed by atoms with Crippen LogP contribution in [0.1, 0.15) is 49.1 Å². The maximum absolute atomic E-state index is 10.7. The highest BCUT2D eigenvalue weighted by Crippen LogP contribution is 2.18. The molecule has 1 aromatic heterocycles. The van der Waals surface area contributed by atoms with Crippen molar-refractivity contribution in [2.24, 2.45) is 5.41 Å². The molecule has 0 saturated heterocycles. The topological polar surface area (TPSA) is 62.5 Å². The Hall–Kier alpha value is -1.29. The molecule has 4 nitrogen and oxygen atoms in total. The van der Waals surface area contributed by atoms with Gasteiger partial charge >= 0.3 is 5.97 Å². The van der Waals surface area contributed by atoms with E-state index < -0.39 is 5.97 Å². The van der Waals surface area contributed by atoms with Crippen LogP contribution in [0, 0.1) is 12.3 Å². The monoisotopic (exact) mass is 239 g/mol. The SMILES string of the molecule is Cc1oc(C(=O)O)cc1CNCCC(C)(C)C. The third-order valence-electron chi connectivity index (χ3n) is 2.60. The Labute approximate surface area is 102 Å². The zero-order valence-corrected chi connectivity index (χ0v) is 11.0. The molecule has 0 spiro atoms. The molecule has 0 aliphatic carbocycles. The van der Waals surface area contributed by atoms with Crippen LogP contribution in [-0.2, 0) is 6.54 Å². The molecule has 4 heteroatoms. The molecule has 1 aromatic rings. The molecule has 0 aromatic carbocycles. The second-order valence-corrected chi connectivity index (χ2v) is 5.48. The molecular weight excluding hydrogens is 218 g/mol. The van der Waals surface area contributed by atoms with Gasteiger partial charge in [-0.15, -0.1) is 0 Å². The van der Waals surface area contributed by atoms with E-state index in [9.17, 15) is 4.79 Å².